The molecule has 0 amide bonds. The van der Waals surface area contributed by atoms with E-state index in [2.05, 4.69) is 82.8 Å². The van der Waals surface area contributed by atoms with Crippen LogP contribution in [0.15, 0.2) is 71.1 Å². The molecule has 0 saturated carbocycles. The third kappa shape index (κ3) is 7.36. The van der Waals surface area contributed by atoms with Gasteiger partial charge in [-0.2, -0.15) is 0 Å². The Morgan fingerprint density at radius 3 is 2.70 bits per heavy atom. The van der Waals surface area contributed by atoms with Gasteiger partial charge in [0.1, 0.15) is 0 Å². The second kappa shape index (κ2) is 12.6. The molecule has 5 nitrogen and oxygen atoms in total. The van der Waals surface area contributed by atoms with Crippen LogP contribution < -0.4 is 10.6 Å². The van der Waals surface area contributed by atoms with E-state index in [4.69, 9.17) is 4.99 Å². The van der Waals surface area contributed by atoms with E-state index in [0.29, 0.717) is 6.54 Å². The third-order valence-corrected chi connectivity index (χ3v) is 5.39. The molecule has 0 aliphatic carbocycles. The molecule has 7 heteroatoms. The van der Waals surface area contributed by atoms with Crippen molar-refractivity contribution in [3.63, 3.8) is 0 Å². The largest absolute Gasteiger partial charge is 0.357 e. The lowest BCUT2D eigenvalue weighted by molar-refractivity contribution is 0.792. The number of hydrogen-bond acceptors (Lipinski definition) is 3. The maximum absolute atomic E-state index is 4.78. The number of aromatic nitrogens is 2. The fraction of sp³-hybridized carbons (Fsp3) is 0.304. The summed E-state index contributed by atoms with van der Waals surface area (Å²) in [5.74, 6) is 0.833. The van der Waals surface area contributed by atoms with Crippen molar-refractivity contribution in [2.24, 2.45) is 4.99 Å². The van der Waals surface area contributed by atoms with Crippen LogP contribution in [0.2, 0.25) is 0 Å². The number of halogens is 1. The molecule has 1 heterocycles. The monoisotopic (exact) mass is 535 g/mol. The average molecular weight is 535 g/mol. The van der Waals surface area contributed by atoms with Crippen LogP contribution in [0.3, 0.4) is 0 Å². The highest BCUT2D eigenvalue weighted by Gasteiger charge is 2.04. The van der Waals surface area contributed by atoms with Crippen molar-refractivity contribution in [3.8, 4) is 0 Å². The molecule has 0 aliphatic heterocycles. The molecular weight excluding hydrogens is 505 g/mol. The molecule has 30 heavy (non-hydrogen) atoms. The van der Waals surface area contributed by atoms with Gasteiger partial charge in [0, 0.05) is 36.9 Å². The summed E-state index contributed by atoms with van der Waals surface area (Å²) < 4.78 is 2.07. The lowest BCUT2D eigenvalue weighted by Crippen LogP contribution is -2.36. The second-order valence-electron chi connectivity index (χ2n) is 6.92. The van der Waals surface area contributed by atoms with E-state index < -0.39 is 0 Å². The number of guanidine groups is 1. The van der Waals surface area contributed by atoms with Gasteiger partial charge in [0.25, 0.3) is 0 Å². The van der Waals surface area contributed by atoms with Gasteiger partial charge in [0.15, 0.2) is 5.96 Å². The van der Waals surface area contributed by atoms with Crippen molar-refractivity contribution < 1.29 is 0 Å². The zero-order valence-corrected chi connectivity index (χ0v) is 20.9. The van der Waals surface area contributed by atoms with Crippen LogP contribution >= 0.6 is 35.7 Å². The van der Waals surface area contributed by atoms with Crippen molar-refractivity contribution in [1.29, 1.82) is 0 Å². The quantitative estimate of drug-likeness (QED) is 0.188. The van der Waals surface area contributed by atoms with E-state index >= 15 is 0 Å². The van der Waals surface area contributed by atoms with E-state index in [9.17, 15) is 0 Å². The van der Waals surface area contributed by atoms with Gasteiger partial charge in [-0.25, -0.2) is 9.98 Å². The zero-order valence-electron chi connectivity index (χ0n) is 17.8. The number of nitrogens with one attached hydrogen (secondary N) is 2. The molecule has 2 N–H and O–H groups in total. The molecule has 3 aromatic rings. The smallest absolute Gasteiger partial charge is 0.191 e. The highest BCUT2D eigenvalue weighted by Crippen LogP contribution is 2.21. The Bertz CT molecular complexity index is 941. The first kappa shape index (κ1) is 24.3. The Morgan fingerprint density at radius 1 is 1.13 bits per heavy atom. The first-order valence-corrected chi connectivity index (χ1v) is 11.1. The summed E-state index contributed by atoms with van der Waals surface area (Å²) in [5.41, 5.74) is 5.02. The van der Waals surface area contributed by atoms with Gasteiger partial charge in [0.05, 0.1) is 12.9 Å². The highest BCUT2D eigenvalue weighted by molar-refractivity contribution is 14.0. The average Bonchev–Trinajstić information content (AvgIpc) is 3.24. The van der Waals surface area contributed by atoms with Crippen molar-refractivity contribution in [2.75, 3.05) is 12.8 Å². The molecular formula is C23H30IN5S. The van der Waals surface area contributed by atoms with Crippen LogP contribution in [-0.2, 0) is 19.6 Å². The number of nitrogens with zero attached hydrogens (tertiary/aromatic N) is 3. The Morgan fingerprint density at radius 2 is 1.97 bits per heavy atom. The second-order valence-corrected chi connectivity index (χ2v) is 7.77. The molecule has 0 atom stereocenters. The van der Waals surface area contributed by atoms with Gasteiger partial charge < -0.3 is 15.2 Å². The minimum Gasteiger partial charge on any atom is -0.357 e. The molecule has 0 saturated heterocycles. The van der Waals surface area contributed by atoms with Gasteiger partial charge in [-0.1, -0.05) is 36.4 Å². The normalized spacial score (nSPS) is 11.1. The van der Waals surface area contributed by atoms with Crippen molar-refractivity contribution >= 4 is 41.7 Å². The fourth-order valence-electron chi connectivity index (χ4n) is 3.11. The number of hydrogen-bond donors (Lipinski definition) is 2. The van der Waals surface area contributed by atoms with Crippen molar-refractivity contribution in [2.45, 2.75) is 38.4 Å². The fourth-order valence-corrected chi connectivity index (χ4v) is 3.81. The van der Waals surface area contributed by atoms with Gasteiger partial charge >= 0.3 is 0 Å². The lowest BCUT2D eigenvalue weighted by Gasteiger charge is -2.14. The Labute approximate surface area is 200 Å². The van der Waals surface area contributed by atoms with Gasteiger partial charge in [-0.15, -0.1) is 35.7 Å². The lowest BCUT2D eigenvalue weighted by atomic mass is 10.1. The van der Waals surface area contributed by atoms with E-state index in [0.717, 1.165) is 25.6 Å². The molecule has 0 radical (unpaired) electrons. The standard InChI is InChI=1S/C23H29N5S.HI/c1-4-25-23(27-15-21-9-8-18(2)12-22(21)29-3)26-14-19-6-5-7-20(13-19)16-28-11-10-24-17-28;/h5-13,17H,4,14-16H2,1-3H3,(H2,25,26,27);1H. The predicted molar refractivity (Wildman–Crippen MR) is 138 cm³/mol. The molecule has 0 unspecified atom stereocenters. The SMILES string of the molecule is CCNC(=NCc1cccc(Cn2ccnc2)c1)NCc1ccc(C)cc1SC.I. The minimum absolute atomic E-state index is 0. The summed E-state index contributed by atoms with van der Waals surface area (Å²) in [5, 5.41) is 6.81. The van der Waals surface area contributed by atoms with Crippen LogP contribution in [0.5, 0.6) is 0 Å². The maximum atomic E-state index is 4.78. The van der Waals surface area contributed by atoms with Gasteiger partial charge in [0.2, 0.25) is 0 Å². The topological polar surface area (TPSA) is 54.2 Å². The number of imidazole rings is 1. The minimum atomic E-state index is 0. The summed E-state index contributed by atoms with van der Waals surface area (Å²) in [6, 6.07) is 15.1. The van der Waals surface area contributed by atoms with Crippen LogP contribution in [0, 0.1) is 6.92 Å². The summed E-state index contributed by atoms with van der Waals surface area (Å²) >= 11 is 1.78. The van der Waals surface area contributed by atoms with E-state index in [-0.39, 0.29) is 24.0 Å². The first-order chi connectivity index (χ1) is 14.2. The molecule has 0 bridgehead atoms. The summed E-state index contributed by atoms with van der Waals surface area (Å²) in [7, 11) is 0. The molecule has 2 aromatic carbocycles. The summed E-state index contributed by atoms with van der Waals surface area (Å²) in [6.07, 6.45) is 7.74. The van der Waals surface area contributed by atoms with Crippen LogP contribution in [0.1, 0.15) is 29.2 Å². The van der Waals surface area contributed by atoms with Crippen LogP contribution in [0.4, 0.5) is 0 Å². The predicted octanol–water partition coefficient (Wildman–Crippen LogP) is 4.84. The molecule has 0 fully saturated rings. The molecule has 3 rings (SSSR count). The van der Waals surface area contributed by atoms with Crippen LogP contribution in [-0.4, -0.2) is 28.3 Å². The Kier molecular flexibility index (Phi) is 10.2. The summed E-state index contributed by atoms with van der Waals surface area (Å²) in [6.45, 7) is 7.25. The number of aliphatic imine (C=N–C) groups is 1. The third-order valence-electron chi connectivity index (χ3n) is 4.57. The molecule has 0 spiro atoms. The van der Waals surface area contributed by atoms with Crippen molar-refractivity contribution in [1.82, 2.24) is 20.2 Å². The number of rotatable bonds is 8. The Hall–Kier alpha value is -2.00. The highest BCUT2D eigenvalue weighted by atomic mass is 127. The van der Waals surface area contributed by atoms with Crippen molar-refractivity contribution in [3.05, 3.63) is 83.4 Å². The van der Waals surface area contributed by atoms with Gasteiger partial charge in [-0.3, -0.25) is 0 Å². The first-order valence-electron chi connectivity index (χ1n) is 9.87. The summed E-state index contributed by atoms with van der Waals surface area (Å²) in [4.78, 5) is 10.2. The maximum Gasteiger partial charge on any atom is 0.191 e. The zero-order chi connectivity index (χ0) is 20.5. The number of aryl methyl sites for hydroxylation is 1. The molecule has 1 aromatic heterocycles. The van der Waals surface area contributed by atoms with E-state index in [1.807, 2.05) is 12.5 Å². The number of benzene rings is 2. The van der Waals surface area contributed by atoms with E-state index in [1.54, 1.807) is 18.0 Å². The molecule has 0 aliphatic rings. The van der Waals surface area contributed by atoms with Gasteiger partial charge in [-0.05, 0) is 48.4 Å². The van der Waals surface area contributed by atoms with Crippen LogP contribution in [0.25, 0.3) is 0 Å². The molecule has 160 valence electrons. The Balaban J connectivity index is 0.00000320. The number of thioether (sulfide) groups is 1. The van der Waals surface area contributed by atoms with E-state index in [1.165, 1.54) is 27.1 Å².